The molecule has 0 aliphatic carbocycles. The standard InChI is InChI=1S/C13H18ClNO/c1-9-6-12(16-2)8-10(13(9)14)7-11-4-3-5-15-11/h6,8,11,15H,3-5,7H2,1-2H3. The Labute approximate surface area is 102 Å². The van der Waals surface area contributed by atoms with Crippen molar-refractivity contribution in [2.45, 2.75) is 32.2 Å². The third-order valence-corrected chi connectivity index (χ3v) is 3.71. The Bertz CT molecular complexity index is 372. The lowest BCUT2D eigenvalue weighted by molar-refractivity contribution is 0.413. The average Bonchev–Trinajstić information content (AvgIpc) is 2.77. The van der Waals surface area contributed by atoms with Gasteiger partial charge in [-0.25, -0.2) is 0 Å². The molecule has 0 saturated carbocycles. The Morgan fingerprint density at radius 1 is 1.50 bits per heavy atom. The van der Waals surface area contributed by atoms with Gasteiger partial charge in [0.15, 0.2) is 0 Å². The molecule has 1 saturated heterocycles. The highest BCUT2D eigenvalue weighted by Gasteiger charge is 2.17. The molecule has 1 unspecified atom stereocenters. The summed E-state index contributed by atoms with van der Waals surface area (Å²) >= 11 is 6.32. The molecular weight excluding hydrogens is 222 g/mol. The monoisotopic (exact) mass is 239 g/mol. The molecule has 1 heterocycles. The van der Waals surface area contributed by atoms with E-state index in [4.69, 9.17) is 16.3 Å². The van der Waals surface area contributed by atoms with E-state index < -0.39 is 0 Å². The maximum Gasteiger partial charge on any atom is 0.119 e. The number of nitrogens with one attached hydrogen (secondary N) is 1. The van der Waals surface area contributed by atoms with Crippen molar-refractivity contribution in [1.29, 1.82) is 0 Å². The maximum absolute atomic E-state index is 6.32. The first-order valence-electron chi connectivity index (χ1n) is 5.77. The van der Waals surface area contributed by atoms with Gasteiger partial charge >= 0.3 is 0 Å². The van der Waals surface area contributed by atoms with Gasteiger partial charge in [-0.15, -0.1) is 0 Å². The first-order chi connectivity index (χ1) is 7.70. The summed E-state index contributed by atoms with van der Waals surface area (Å²) in [4.78, 5) is 0. The third kappa shape index (κ3) is 2.50. The lowest BCUT2D eigenvalue weighted by Gasteiger charge is -2.14. The molecule has 0 spiro atoms. The van der Waals surface area contributed by atoms with Gasteiger partial charge in [-0.3, -0.25) is 0 Å². The molecule has 2 rings (SSSR count). The van der Waals surface area contributed by atoms with E-state index >= 15 is 0 Å². The predicted molar refractivity (Wildman–Crippen MR) is 67.5 cm³/mol. The van der Waals surface area contributed by atoms with E-state index in [1.165, 1.54) is 18.4 Å². The van der Waals surface area contributed by atoms with E-state index in [1.54, 1.807) is 7.11 Å². The van der Waals surface area contributed by atoms with E-state index in [1.807, 2.05) is 13.0 Å². The Kier molecular flexibility index (Phi) is 3.72. The molecule has 2 nitrogen and oxygen atoms in total. The van der Waals surface area contributed by atoms with Crippen LogP contribution in [0, 0.1) is 6.92 Å². The summed E-state index contributed by atoms with van der Waals surface area (Å²) in [7, 11) is 1.69. The van der Waals surface area contributed by atoms with Crippen molar-refractivity contribution in [2.24, 2.45) is 0 Å². The van der Waals surface area contributed by atoms with Gasteiger partial charge in [0, 0.05) is 11.1 Å². The predicted octanol–water partition coefficient (Wildman–Crippen LogP) is 2.95. The van der Waals surface area contributed by atoms with E-state index in [9.17, 15) is 0 Å². The van der Waals surface area contributed by atoms with E-state index in [0.717, 1.165) is 29.3 Å². The van der Waals surface area contributed by atoms with Crippen molar-refractivity contribution in [3.8, 4) is 5.75 Å². The van der Waals surface area contributed by atoms with Gasteiger partial charge in [0.25, 0.3) is 0 Å². The van der Waals surface area contributed by atoms with Crippen molar-refractivity contribution in [3.05, 3.63) is 28.3 Å². The number of hydrogen-bond donors (Lipinski definition) is 1. The zero-order valence-corrected chi connectivity index (χ0v) is 10.6. The molecular formula is C13H18ClNO. The van der Waals surface area contributed by atoms with Crippen LogP contribution in [-0.2, 0) is 6.42 Å². The van der Waals surface area contributed by atoms with Crippen LogP contribution in [0.5, 0.6) is 5.75 Å². The molecule has 0 bridgehead atoms. The Balaban J connectivity index is 2.20. The smallest absolute Gasteiger partial charge is 0.119 e. The molecule has 1 aromatic rings. The van der Waals surface area contributed by atoms with Crippen molar-refractivity contribution >= 4 is 11.6 Å². The molecule has 88 valence electrons. The summed E-state index contributed by atoms with van der Waals surface area (Å²) in [5.41, 5.74) is 2.28. The van der Waals surface area contributed by atoms with Gasteiger partial charge in [0.2, 0.25) is 0 Å². The highest BCUT2D eigenvalue weighted by Crippen LogP contribution is 2.28. The largest absolute Gasteiger partial charge is 0.497 e. The highest BCUT2D eigenvalue weighted by molar-refractivity contribution is 6.32. The van der Waals surface area contributed by atoms with Crippen molar-refractivity contribution < 1.29 is 4.74 Å². The van der Waals surface area contributed by atoms with Crippen LogP contribution in [-0.4, -0.2) is 19.7 Å². The highest BCUT2D eigenvalue weighted by atomic mass is 35.5. The molecule has 0 aromatic heterocycles. The fraction of sp³-hybridized carbons (Fsp3) is 0.538. The van der Waals surface area contributed by atoms with Crippen molar-refractivity contribution in [2.75, 3.05) is 13.7 Å². The maximum atomic E-state index is 6.32. The molecule has 16 heavy (non-hydrogen) atoms. The Hall–Kier alpha value is -0.730. The minimum Gasteiger partial charge on any atom is -0.497 e. The summed E-state index contributed by atoms with van der Waals surface area (Å²) in [6.07, 6.45) is 3.51. The summed E-state index contributed by atoms with van der Waals surface area (Å²) in [5.74, 6) is 0.898. The van der Waals surface area contributed by atoms with Gasteiger partial charge < -0.3 is 10.1 Å². The second-order valence-electron chi connectivity index (χ2n) is 4.41. The summed E-state index contributed by atoms with van der Waals surface area (Å²) in [6, 6.07) is 4.60. The Morgan fingerprint density at radius 2 is 2.31 bits per heavy atom. The molecule has 1 aliphatic rings. The number of benzene rings is 1. The number of ether oxygens (including phenoxy) is 1. The van der Waals surface area contributed by atoms with Gasteiger partial charge in [0.05, 0.1) is 7.11 Å². The van der Waals surface area contributed by atoms with Gasteiger partial charge in [-0.1, -0.05) is 11.6 Å². The molecule has 0 radical (unpaired) electrons. The first-order valence-corrected chi connectivity index (χ1v) is 6.15. The van der Waals surface area contributed by atoms with Crippen LogP contribution in [0.3, 0.4) is 0 Å². The first kappa shape index (κ1) is 11.7. The molecule has 0 amide bonds. The van der Waals surface area contributed by atoms with Crippen molar-refractivity contribution in [1.82, 2.24) is 5.32 Å². The van der Waals surface area contributed by atoms with E-state index in [0.29, 0.717) is 6.04 Å². The lowest BCUT2D eigenvalue weighted by Crippen LogP contribution is -2.23. The molecule has 3 heteroatoms. The quantitative estimate of drug-likeness (QED) is 0.876. The van der Waals surface area contributed by atoms with Crippen LogP contribution < -0.4 is 10.1 Å². The van der Waals surface area contributed by atoms with Crippen molar-refractivity contribution in [3.63, 3.8) is 0 Å². The fourth-order valence-electron chi connectivity index (χ4n) is 2.27. The molecule has 1 aliphatic heterocycles. The molecule has 1 fully saturated rings. The zero-order chi connectivity index (χ0) is 11.5. The molecule has 1 N–H and O–H groups in total. The molecule has 1 atom stereocenters. The average molecular weight is 240 g/mol. The molecule has 1 aromatic carbocycles. The minimum atomic E-state index is 0.573. The number of rotatable bonds is 3. The second kappa shape index (κ2) is 5.07. The lowest BCUT2D eigenvalue weighted by atomic mass is 10.0. The number of aryl methyl sites for hydroxylation is 1. The third-order valence-electron chi connectivity index (χ3n) is 3.17. The summed E-state index contributed by atoms with van der Waals surface area (Å²) in [6.45, 7) is 3.15. The normalized spacial score (nSPS) is 20.1. The van der Waals surface area contributed by atoms with E-state index in [2.05, 4.69) is 11.4 Å². The minimum absolute atomic E-state index is 0.573. The zero-order valence-electron chi connectivity index (χ0n) is 9.85. The van der Waals surface area contributed by atoms with Crippen LogP contribution in [0.4, 0.5) is 0 Å². The van der Waals surface area contributed by atoms with Gasteiger partial charge in [-0.2, -0.15) is 0 Å². The number of hydrogen-bond acceptors (Lipinski definition) is 2. The SMILES string of the molecule is COc1cc(C)c(Cl)c(CC2CCCN2)c1. The number of halogens is 1. The van der Waals surface area contributed by atoms with Crippen LogP contribution in [0.2, 0.25) is 5.02 Å². The summed E-state index contributed by atoms with van der Waals surface area (Å²) in [5, 5.41) is 4.37. The van der Waals surface area contributed by atoms with Crippen LogP contribution >= 0.6 is 11.6 Å². The fourth-order valence-corrected chi connectivity index (χ4v) is 2.46. The van der Waals surface area contributed by atoms with Crippen LogP contribution in [0.15, 0.2) is 12.1 Å². The summed E-state index contributed by atoms with van der Waals surface area (Å²) < 4.78 is 5.28. The topological polar surface area (TPSA) is 21.3 Å². The second-order valence-corrected chi connectivity index (χ2v) is 4.79. The van der Waals surface area contributed by atoms with Gasteiger partial charge in [-0.05, 0) is 56.0 Å². The Morgan fingerprint density at radius 3 is 2.94 bits per heavy atom. The van der Waals surface area contributed by atoms with Crippen LogP contribution in [0.1, 0.15) is 24.0 Å². The number of methoxy groups -OCH3 is 1. The van der Waals surface area contributed by atoms with Crippen LogP contribution in [0.25, 0.3) is 0 Å². The van der Waals surface area contributed by atoms with E-state index in [-0.39, 0.29) is 0 Å². The van der Waals surface area contributed by atoms with Gasteiger partial charge in [0.1, 0.15) is 5.75 Å².